The van der Waals surface area contributed by atoms with Gasteiger partial charge in [-0.15, -0.1) is 0 Å². The Balaban J connectivity index is 1.09. The Morgan fingerprint density at radius 2 is 1.37 bits per heavy atom. The van der Waals surface area contributed by atoms with Crippen LogP contribution < -0.4 is 24.2 Å². The molecular weight excluding hydrogens is 480 g/mol. The van der Waals surface area contributed by atoms with Gasteiger partial charge in [-0.3, -0.25) is 4.90 Å². The van der Waals surface area contributed by atoms with Gasteiger partial charge in [-0.05, 0) is 61.8 Å². The Labute approximate surface area is 226 Å². The second kappa shape index (κ2) is 11.5. The molecule has 1 aromatic carbocycles. The Morgan fingerprint density at radius 3 is 2.03 bits per heavy atom. The molecule has 0 bridgehead atoms. The van der Waals surface area contributed by atoms with E-state index in [2.05, 4.69) is 37.8 Å². The molecule has 3 saturated heterocycles. The van der Waals surface area contributed by atoms with Crippen molar-refractivity contribution in [1.82, 2.24) is 14.9 Å². The fourth-order valence-electron chi connectivity index (χ4n) is 6.33. The van der Waals surface area contributed by atoms with Crippen molar-refractivity contribution in [3.05, 3.63) is 29.3 Å². The lowest BCUT2D eigenvalue weighted by atomic mass is 9.94. The van der Waals surface area contributed by atoms with E-state index in [0.717, 1.165) is 107 Å². The predicted molar refractivity (Wildman–Crippen MR) is 150 cm³/mol. The molecule has 0 spiro atoms. The van der Waals surface area contributed by atoms with Crippen molar-refractivity contribution in [1.29, 1.82) is 0 Å². The van der Waals surface area contributed by atoms with E-state index < -0.39 is 0 Å². The maximum Gasteiger partial charge on any atom is 0.229 e. The van der Waals surface area contributed by atoms with E-state index in [1.165, 1.54) is 36.8 Å². The van der Waals surface area contributed by atoms with Crippen LogP contribution >= 0.6 is 0 Å². The van der Waals surface area contributed by atoms with Crippen LogP contribution in [0, 0.1) is 0 Å². The SMILES string of the molecule is COc1cc2c(cc1OC)C(CCN1CCN(c3cc(N4CCCC4)nc(N4CCCC4)n3)CC1)OCC2. The number of methoxy groups -OCH3 is 2. The Hall–Kier alpha value is -2.78. The highest BCUT2D eigenvalue weighted by Crippen LogP contribution is 2.38. The summed E-state index contributed by atoms with van der Waals surface area (Å²) >= 11 is 0. The van der Waals surface area contributed by atoms with Crippen molar-refractivity contribution < 1.29 is 14.2 Å². The first-order chi connectivity index (χ1) is 18.7. The smallest absolute Gasteiger partial charge is 0.229 e. The average molecular weight is 523 g/mol. The average Bonchev–Trinajstić information content (AvgIpc) is 3.71. The second-order valence-corrected chi connectivity index (χ2v) is 10.9. The summed E-state index contributed by atoms with van der Waals surface area (Å²) in [5.74, 6) is 4.70. The fourth-order valence-corrected chi connectivity index (χ4v) is 6.33. The van der Waals surface area contributed by atoms with Crippen molar-refractivity contribution in [3.63, 3.8) is 0 Å². The van der Waals surface area contributed by atoms with E-state index in [1.54, 1.807) is 14.2 Å². The molecule has 3 fully saturated rings. The van der Waals surface area contributed by atoms with Crippen LogP contribution in [0.15, 0.2) is 18.2 Å². The first kappa shape index (κ1) is 25.5. The lowest BCUT2D eigenvalue weighted by Crippen LogP contribution is -2.47. The van der Waals surface area contributed by atoms with E-state index in [1.807, 2.05) is 0 Å². The van der Waals surface area contributed by atoms with Crippen LogP contribution in [0.5, 0.6) is 11.5 Å². The molecule has 2 aromatic rings. The van der Waals surface area contributed by atoms with Gasteiger partial charge in [-0.25, -0.2) is 0 Å². The highest BCUT2D eigenvalue weighted by atomic mass is 16.5. The molecule has 1 unspecified atom stereocenters. The third-order valence-electron chi connectivity index (χ3n) is 8.59. The third kappa shape index (κ3) is 5.36. The number of fused-ring (bicyclic) bond motifs is 1. The second-order valence-electron chi connectivity index (χ2n) is 10.9. The molecule has 9 heteroatoms. The quantitative estimate of drug-likeness (QED) is 0.518. The van der Waals surface area contributed by atoms with Gasteiger partial charge in [-0.2, -0.15) is 9.97 Å². The van der Waals surface area contributed by atoms with Crippen molar-refractivity contribution >= 4 is 17.6 Å². The van der Waals surface area contributed by atoms with Crippen LogP contribution in [-0.2, 0) is 11.2 Å². The number of ether oxygens (including phenoxy) is 3. The van der Waals surface area contributed by atoms with Gasteiger partial charge < -0.3 is 28.9 Å². The molecule has 0 radical (unpaired) electrons. The molecule has 0 saturated carbocycles. The van der Waals surface area contributed by atoms with Gasteiger partial charge in [0.25, 0.3) is 0 Å². The lowest BCUT2D eigenvalue weighted by molar-refractivity contribution is 0.0286. The van der Waals surface area contributed by atoms with Crippen LogP contribution in [0.3, 0.4) is 0 Å². The minimum atomic E-state index is 0.101. The third-order valence-corrected chi connectivity index (χ3v) is 8.59. The molecule has 38 heavy (non-hydrogen) atoms. The van der Waals surface area contributed by atoms with Crippen LogP contribution in [0.25, 0.3) is 0 Å². The van der Waals surface area contributed by atoms with E-state index in [0.29, 0.717) is 0 Å². The Morgan fingerprint density at radius 1 is 0.763 bits per heavy atom. The van der Waals surface area contributed by atoms with Gasteiger partial charge in [0.1, 0.15) is 11.6 Å². The van der Waals surface area contributed by atoms with Gasteiger partial charge in [0.15, 0.2) is 11.5 Å². The number of aromatic nitrogens is 2. The van der Waals surface area contributed by atoms with Crippen molar-refractivity contribution in [2.75, 3.05) is 94.4 Å². The fraction of sp³-hybridized carbons (Fsp3) is 0.655. The Bertz CT molecular complexity index is 1060. The van der Waals surface area contributed by atoms with E-state index in [9.17, 15) is 0 Å². The predicted octanol–water partition coefficient (Wildman–Crippen LogP) is 3.52. The molecule has 6 rings (SSSR count). The molecule has 1 atom stereocenters. The summed E-state index contributed by atoms with van der Waals surface area (Å²) in [5, 5.41) is 0. The standard InChI is InChI=1S/C29H42N6O3/c1-36-25-19-22-8-18-38-24(23(22)20-26(25)37-2)7-13-32-14-16-34(17-15-32)28-21-27(33-9-3-4-10-33)30-29(31-28)35-11-5-6-12-35/h19-21,24H,3-18H2,1-2H3. The van der Waals surface area contributed by atoms with Crippen molar-refractivity contribution in [2.45, 2.75) is 44.6 Å². The lowest BCUT2D eigenvalue weighted by Gasteiger charge is -2.37. The maximum absolute atomic E-state index is 6.22. The van der Waals surface area contributed by atoms with Gasteiger partial charge in [0.05, 0.1) is 26.9 Å². The monoisotopic (exact) mass is 522 g/mol. The van der Waals surface area contributed by atoms with Gasteiger partial charge in [0, 0.05) is 65.0 Å². The molecular formula is C29H42N6O3. The molecule has 4 aliphatic heterocycles. The van der Waals surface area contributed by atoms with Crippen molar-refractivity contribution in [3.8, 4) is 11.5 Å². The van der Waals surface area contributed by atoms with Gasteiger partial charge >= 0.3 is 0 Å². The van der Waals surface area contributed by atoms with E-state index in [-0.39, 0.29) is 6.10 Å². The summed E-state index contributed by atoms with van der Waals surface area (Å²) in [5.41, 5.74) is 2.56. The highest BCUT2D eigenvalue weighted by Gasteiger charge is 2.27. The molecule has 9 nitrogen and oxygen atoms in total. The Kier molecular flexibility index (Phi) is 7.74. The summed E-state index contributed by atoms with van der Waals surface area (Å²) in [7, 11) is 3.39. The minimum absolute atomic E-state index is 0.101. The summed E-state index contributed by atoms with van der Waals surface area (Å²) < 4.78 is 17.3. The summed E-state index contributed by atoms with van der Waals surface area (Å²) in [6, 6.07) is 6.47. The number of nitrogens with zero attached hydrogens (tertiary/aromatic N) is 6. The first-order valence-corrected chi connectivity index (χ1v) is 14.4. The van der Waals surface area contributed by atoms with E-state index in [4.69, 9.17) is 24.2 Å². The number of anilines is 3. The number of piperazine rings is 1. The summed E-state index contributed by atoms with van der Waals surface area (Å²) in [6.45, 7) is 10.2. The highest BCUT2D eigenvalue weighted by molar-refractivity contribution is 5.56. The van der Waals surface area contributed by atoms with Gasteiger partial charge in [0.2, 0.25) is 5.95 Å². The van der Waals surface area contributed by atoms with Crippen LogP contribution in [0.2, 0.25) is 0 Å². The summed E-state index contributed by atoms with van der Waals surface area (Å²) in [4.78, 5) is 19.9. The number of rotatable bonds is 8. The number of benzene rings is 1. The zero-order valence-electron chi connectivity index (χ0n) is 23.0. The number of hydrogen-bond acceptors (Lipinski definition) is 9. The summed E-state index contributed by atoms with van der Waals surface area (Å²) in [6.07, 6.45) is 6.99. The molecule has 1 aromatic heterocycles. The van der Waals surface area contributed by atoms with Crippen LogP contribution in [0.4, 0.5) is 17.6 Å². The normalized spacial score (nSPS) is 22.2. The minimum Gasteiger partial charge on any atom is -0.493 e. The van der Waals surface area contributed by atoms with Gasteiger partial charge in [-0.1, -0.05) is 0 Å². The van der Waals surface area contributed by atoms with E-state index >= 15 is 0 Å². The molecule has 0 aliphatic carbocycles. The maximum atomic E-state index is 6.22. The van der Waals surface area contributed by atoms with Crippen molar-refractivity contribution in [2.24, 2.45) is 0 Å². The molecule has 5 heterocycles. The zero-order chi connectivity index (χ0) is 25.9. The first-order valence-electron chi connectivity index (χ1n) is 14.4. The largest absolute Gasteiger partial charge is 0.493 e. The number of hydrogen-bond donors (Lipinski definition) is 0. The van der Waals surface area contributed by atoms with Crippen LogP contribution in [0.1, 0.15) is 49.3 Å². The topological polar surface area (TPSA) is 66.4 Å². The molecule has 206 valence electrons. The molecule has 4 aliphatic rings. The molecule has 0 N–H and O–H groups in total. The molecule has 0 amide bonds. The van der Waals surface area contributed by atoms with Crippen LogP contribution in [-0.4, -0.2) is 94.6 Å². The zero-order valence-corrected chi connectivity index (χ0v) is 23.0.